The molecule has 0 radical (unpaired) electrons. The Morgan fingerprint density at radius 1 is 1.13 bits per heavy atom. The Labute approximate surface area is 133 Å². The zero-order chi connectivity index (χ0) is 16.1. The molecule has 114 valence electrons. The molecule has 3 aromatic rings. The van der Waals surface area contributed by atoms with Gasteiger partial charge in [0, 0.05) is 11.6 Å². The van der Waals surface area contributed by atoms with Gasteiger partial charge in [-0.2, -0.15) is 5.26 Å². The zero-order valence-corrected chi connectivity index (χ0v) is 12.5. The van der Waals surface area contributed by atoms with E-state index in [9.17, 15) is 0 Å². The highest BCUT2D eigenvalue weighted by atomic mass is 16.5. The Balaban J connectivity index is 1.72. The number of ether oxygens (including phenoxy) is 2. The largest absolute Gasteiger partial charge is 0.493 e. The van der Waals surface area contributed by atoms with Crippen molar-refractivity contribution in [2.75, 3.05) is 7.11 Å². The molecule has 0 aliphatic rings. The van der Waals surface area contributed by atoms with Gasteiger partial charge in [0.05, 0.1) is 18.7 Å². The number of aromatic nitrogens is 1. The van der Waals surface area contributed by atoms with E-state index < -0.39 is 0 Å². The molecule has 0 saturated heterocycles. The molecule has 5 nitrogen and oxygen atoms in total. The van der Waals surface area contributed by atoms with Gasteiger partial charge in [0.1, 0.15) is 18.6 Å². The first-order chi connectivity index (χ1) is 11.3. The average Bonchev–Trinajstić information content (AvgIpc) is 3.09. The Kier molecular flexibility index (Phi) is 4.25. The summed E-state index contributed by atoms with van der Waals surface area (Å²) in [5.41, 5.74) is 2.10. The van der Waals surface area contributed by atoms with Crippen LogP contribution in [-0.4, -0.2) is 12.1 Å². The van der Waals surface area contributed by atoms with Crippen LogP contribution in [0, 0.1) is 11.3 Å². The summed E-state index contributed by atoms with van der Waals surface area (Å²) in [4.78, 5) is 4.40. The summed E-state index contributed by atoms with van der Waals surface area (Å²) in [5.74, 6) is 1.61. The van der Waals surface area contributed by atoms with Gasteiger partial charge in [-0.05, 0) is 24.3 Å². The van der Waals surface area contributed by atoms with Crippen molar-refractivity contribution in [1.29, 1.82) is 5.26 Å². The molecule has 1 heterocycles. The molecule has 0 aliphatic heterocycles. The summed E-state index contributed by atoms with van der Waals surface area (Å²) < 4.78 is 16.4. The highest BCUT2D eigenvalue weighted by Gasteiger charge is 2.09. The lowest BCUT2D eigenvalue weighted by molar-refractivity contribution is 0.280. The Hall–Kier alpha value is -3.26. The molecule has 1 aromatic heterocycles. The van der Waals surface area contributed by atoms with Crippen molar-refractivity contribution < 1.29 is 13.9 Å². The molecule has 0 atom stereocenters. The first-order valence-corrected chi connectivity index (χ1v) is 7.01. The highest BCUT2D eigenvalue weighted by Crippen LogP contribution is 2.28. The third kappa shape index (κ3) is 3.33. The fraction of sp³-hybridized carbons (Fsp3) is 0.111. The molecular formula is C18H14N2O3. The van der Waals surface area contributed by atoms with Crippen LogP contribution in [0.4, 0.5) is 0 Å². The number of hydrogen-bond acceptors (Lipinski definition) is 5. The van der Waals surface area contributed by atoms with Crippen LogP contribution in [0.2, 0.25) is 0 Å². The lowest BCUT2D eigenvalue weighted by Gasteiger charge is -2.09. The van der Waals surface area contributed by atoms with Crippen molar-refractivity contribution in [2.45, 2.75) is 6.61 Å². The molecule has 0 aliphatic carbocycles. The van der Waals surface area contributed by atoms with Crippen LogP contribution in [-0.2, 0) is 6.61 Å². The van der Waals surface area contributed by atoms with Crippen LogP contribution < -0.4 is 9.47 Å². The number of benzene rings is 2. The lowest BCUT2D eigenvalue weighted by Crippen LogP contribution is -1.98. The summed E-state index contributed by atoms with van der Waals surface area (Å²) >= 11 is 0. The maximum absolute atomic E-state index is 8.90. The second-order valence-electron chi connectivity index (χ2n) is 4.78. The molecule has 0 unspecified atom stereocenters. The summed E-state index contributed by atoms with van der Waals surface area (Å²) in [7, 11) is 1.53. The van der Waals surface area contributed by atoms with Crippen molar-refractivity contribution in [2.24, 2.45) is 0 Å². The fourth-order valence-electron chi connectivity index (χ4n) is 2.09. The quantitative estimate of drug-likeness (QED) is 0.717. The second kappa shape index (κ2) is 6.67. The Morgan fingerprint density at radius 3 is 2.70 bits per heavy atom. The SMILES string of the molecule is COc1cc(C#N)ccc1OCc1coc(-c2ccccc2)n1. The predicted molar refractivity (Wildman–Crippen MR) is 84.0 cm³/mol. The van der Waals surface area contributed by atoms with E-state index >= 15 is 0 Å². The molecule has 0 spiro atoms. The van der Waals surface area contributed by atoms with Crippen LogP contribution in [0.25, 0.3) is 11.5 Å². The molecule has 0 bridgehead atoms. The van der Waals surface area contributed by atoms with Crippen molar-refractivity contribution in [1.82, 2.24) is 4.98 Å². The monoisotopic (exact) mass is 306 g/mol. The van der Waals surface area contributed by atoms with E-state index in [-0.39, 0.29) is 6.61 Å². The van der Waals surface area contributed by atoms with Gasteiger partial charge < -0.3 is 13.9 Å². The third-order valence-corrected chi connectivity index (χ3v) is 3.24. The van der Waals surface area contributed by atoms with Crippen LogP contribution >= 0.6 is 0 Å². The van der Waals surface area contributed by atoms with Crippen LogP contribution in [0.1, 0.15) is 11.3 Å². The van der Waals surface area contributed by atoms with Crippen LogP contribution in [0.3, 0.4) is 0 Å². The lowest BCUT2D eigenvalue weighted by atomic mass is 10.2. The Bertz CT molecular complexity index is 835. The second-order valence-corrected chi connectivity index (χ2v) is 4.78. The van der Waals surface area contributed by atoms with E-state index in [0.717, 1.165) is 5.56 Å². The number of methoxy groups -OCH3 is 1. The minimum atomic E-state index is 0.249. The van der Waals surface area contributed by atoms with Crippen molar-refractivity contribution in [3.8, 4) is 29.0 Å². The van der Waals surface area contributed by atoms with Crippen LogP contribution in [0.15, 0.2) is 59.2 Å². The number of rotatable bonds is 5. The first-order valence-electron chi connectivity index (χ1n) is 7.01. The van der Waals surface area contributed by atoms with Gasteiger partial charge in [0.2, 0.25) is 5.89 Å². The maximum Gasteiger partial charge on any atom is 0.226 e. The van der Waals surface area contributed by atoms with Crippen molar-refractivity contribution >= 4 is 0 Å². The van der Waals surface area contributed by atoms with Gasteiger partial charge in [0.25, 0.3) is 0 Å². The van der Waals surface area contributed by atoms with Gasteiger partial charge in [-0.3, -0.25) is 0 Å². The van der Waals surface area contributed by atoms with E-state index in [4.69, 9.17) is 19.2 Å². The highest BCUT2D eigenvalue weighted by molar-refractivity contribution is 5.52. The summed E-state index contributed by atoms with van der Waals surface area (Å²) in [5, 5.41) is 8.90. The van der Waals surface area contributed by atoms with Gasteiger partial charge in [-0.15, -0.1) is 0 Å². The van der Waals surface area contributed by atoms with Crippen molar-refractivity contribution in [3.05, 3.63) is 66.1 Å². The first kappa shape index (κ1) is 14.7. The standard InChI is InChI=1S/C18H14N2O3/c1-21-17-9-13(10-19)7-8-16(17)22-11-15-12-23-18(20-15)14-5-3-2-4-6-14/h2-9,12H,11H2,1H3. The van der Waals surface area contributed by atoms with E-state index in [0.29, 0.717) is 28.6 Å². The molecule has 0 fully saturated rings. The van der Waals surface area contributed by atoms with E-state index in [1.807, 2.05) is 30.3 Å². The molecule has 0 amide bonds. The molecular weight excluding hydrogens is 292 g/mol. The predicted octanol–water partition coefficient (Wildman–Crippen LogP) is 3.80. The van der Waals surface area contributed by atoms with Gasteiger partial charge in [0.15, 0.2) is 11.5 Å². The molecule has 2 aromatic carbocycles. The number of nitriles is 1. The molecule has 5 heteroatoms. The molecule has 0 saturated carbocycles. The van der Waals surface area contributed by atoms with Gasteiger partial charge >= 0.3 is 0 Å². The zero-order valence-electron chi connectivity index (χ0n) is 12.5. The topological polar surface area (TPSA) is 68.3 Å². The minimum Gasteiger partial charge on any atom is -0.493 e. The number of nitrogens with zero attached hydrogens (tertiary/aromatic N) is 2. The average molecular weight is 306 g/mol. The van der Waals surface area contributed by atoms with Gasteiger partial charge in [-0.25, -0.2) is 4.98 Å². The van der Waals surface area contributed by atoms with E-state index in [1.54, 1.807) is 24.5 Å². The molecule has 23 heavy (non-hydrogen) atoms. The third-order valence-electron chi connectivity index (χ3n) is 3.24. The Morgan fingerprint density at radius 2 is 1.96 bits per heavy atom. The smallest absolute Gasteiger partial charge is 0.226 e. The van der Waals surface area contributed by atoms with Gasteiger partial charge in [-0.1, -0.05) is 18.2 Å². The normalized spacial score (nSPS) is 10.1. The fourth-order valence-corrected chi connectivity index (χ4v) is 2.09. The van der Waals surface area contributed by atoms with Crippen molar-refractivity contribution in [3.63, 3.8) is 0 Å². The molecule has 0 N–H and O–H groups in total. The van der Waals surface area contributed by atoms with Crippen LogP contribution in [0.5, 0.6) is 11.5 Å². The maximum atomic E-state index is 8.90. The minimum absolute atomic E-state index is 0.249. The summed E-state index contributed by atoms with van der Waals surface area (Å²) in [6.45, 7) is 0.249. The molecule has 3 rings (SSSR count). The summed E-state index contributed by atoms with van der Waals surface area (Å²) in [6.07, 6.45) is 1.57. The number of hydrogen-bond donors (Lipinski definition) is 0. The van der Waals surface area contributed by atoms with E-state index in [1.165, 1.54) is 7.11 Å². The number of oxazole rings is 1. The van der Waals surface area contributed by atoms with E-state index in [2.05, 4.69) is 11.1 Å². The summed E-state index contributed by atoms with van der Waals surface area (Å²) in [6, 6.07) is 16.7.